The normalized spacial score (nSPS) is 15.9. The van der Waals surface area contributed by atoms with Crippen LogP contribution in [-0.2, 0) is 4.74 Å². The van der Waals surface area contributed by atoms with Gasteiger partial charge in [-0.25, -0.2) is 4.68 Å². The average Bonchev–Trinajstić information content (AvgIpc) is 3.32. The molecule has 1 fully saturated rings. The van der Waals surface area contributed by atoms with E-state index in [0.717, 1.165) is 57.2 Å². The summed E-state index contributed by atoms with van der Waals surface area (Å²) >= 11 is 0. The molecule has 0 amide bonds. The van der Waals surface area contributed by atoms with Gasteiger partial charge in [0.1, 0.15) is 0 Å². The molecule has 7 nitrogen and oxygen atoms in total. The Morgan fingerprint density at radius 1 is 1.06 bits per heavy atom. The molecule has 0 spiro atoms. The maximum atomic E-state index is 5.46. The van der Waals surface area contributed by atoms with Crippen LogP contribution in [0.4, 0.5) is 0 Å². The van der Waals surface area contributed by atoms with Crippen molar-refractivity contribution in [2.45, 2.75) is 33.2 Å². The lowest BCUT2D eigenvalue weighted by molar-refractivity contribution is 0.0380. The number of rotatable bonds is 10. The topological polar surface area (TPSA) is 68.1 Å². The number of aromatic nitrogens is 4. The highest BCUT2D eigenvalue weighted by molar-refractivity contribution is 5.74. The van der Waals surface area contributed by atoms with Gasteiger partial charge in [-0.2, -0.15) is 0 Å². The molecule has 0 radical (unpaired) electrons. The number of morpholine rings is 1. The predicted octanol–water partition coefficient (Wildman–Crippen LogP) is 4.29. The largest absolute Gasteiger partial charge is 0.379 e. The van der Waals surface area contributed by atoms with Crippen LogP contribution in [0.3, 0.4) is 0 Å². The summed E-state index contributed by atoms with van der Waals surface area (Å²) in [5, 5.41) is 16.4. The van der Waals surface area contributed by atoms with E-state index in [-0.39, 0.29) is 6.04 Å². The molecule has 34 heavy (non-hydrogen) atoms. The summed E-state index contributed by atoms with van der Waals surface area (Å²) in [6.07, 6.45) is 5.05. The zero-order valence-corrected chi connectivity index (χ0v) is 20.5. The van der Waals surface area contributed by atoms with E-state index in [0.29, 0.717) is 5.92 Å². The van der Waals surface area contributed by atoms with Crippen LogP contribution >= 0.6 is 0 Å². The number of benzene rings is 2. The monoisotopic (exact) mass is 460 g/mol. The number of nitrogens with one attached hydrogen (secondary N) is 1. The Kier molecular flexibility index (Phi) is 8.57. The third-order valence-electron chi connectivity index (χ3n) is 6.32. The molecule has 1 aromatic heterocycles. The third kappa shape index (κ3) is 6.38. The number of tetrazole rings is 1. The van der Waals surface area contributed by atoms with Gasteiger partial charge in [-0.3, -0.25) is 4.90 Å². The van der Waals surface area contributed by atoms with E-state index in [9.17, 15) is 0 Å². The van der Waals surface area contributed by atoms with E-state index in [1.807, 2.05) is 16.9 Å². The third-order valence-corrected chi connectivity index (χ3v) is 6.32. The summed E-state index contributed by atoms with van der Waals surface area (Å²) in [5.41, 5.74) is 4.85. The Balaban J connectivity index is 1.49. The van der Waals surface area contributed by atoms with Crippen LogP contribution in [0.15, 0.2) is 48.5 Å². The number of hydrogen-bond donors (Lipinski definition) is 1. The number of ether oxygens (including phenoxy) is 1. The quantitative estimate of drug-likeness (QED) is 0.487. The van der Waals surface area contributed by atoms with Crippen LogP contribution in [0.25, 0.3) is 23.4 Å². The van der Waals surface area contributed by atoms with Gasteiger partial charge in [-0.15, -0.1) is 5.10 Å². The van der Waals surface area contributed by atoms with Gasteiger partial charge in [0.25, 0.3) is 0 Å². The molecule has 0 aliphatic carbocycles. The fraction of sp³-hybridized carbons (Fsp3) is 0.444. The van der Waals surface area contributed by atoms with Gasteiger partial charge in [-0.1, -0.05) is 62.4 Å². The van der Waals surface area contributed by atoms with Crippen molar-refractivity contribution in [1.82, 2.24) is 30.4 Å². The Labute approximate surface area is 202 Å². The zero-order chi connectivity index (χ0) is 23.8. The standard InChI is InChI=1S/C27H36N6O/c1-21(2)20-26(28-13-15-32-16-18-34-19-17-32)27-29-30-31-33(27)14-12-23-10-7-11-25(22(23)3)24-8-5-4-6-9-24/h4-12,14,21,26,28H,13,15-20H2,1-3H3/b14-12+. The van der Waals surface area contributed by atoms with Gasteiger partial charge in [0.05, 0.1) is 19.3 Å². The van der Waals surface area contributed by atoms with Crippen LogP contribution in [0.5, 0.6) is 0 Å². The summed E-state index contributed by atoms with van der Waals surface area (Å²) in [4.78, 5) is 2.44. The molecule has 0 saturated carbocycles. The smallest absolute Gasteiger partial charge is 0.172 e. The minimum atomic E-state index is 0.0949. The van der Waals surface area contributed by atoms with Crippen molar-refractivity contribution in [3.63, 3.8) is 0 Å². The summed E-state index contributed by atoms with van der Waals surface area (Å²) in [6, 6.07) is 17.0. The van der Waals surface area contributed by atoms with Gasteiger partial charge in [0.15, 0.2) is 5.82 Å². The second-order valence-corrected chi connectivity index (χ2v) is 9.27. The van der Waals surface area contributed by atoms with Gasteiger partial charge < -0.3 is 10.1 Å². The molecule has 1 unspecified atom stereocenters. The highest BCUT2D eigenvalue weighted by Gasteiger charge is 2.20. The van der Waals surface area contributed by atoms with Crippen molar-refractivity contribution in [1.29, 1.82) is 0 Å². The maximum absolute atomic E-state index is 5.46. The molecule has 7 heteroatoms. The lowest BCUT2D eigenvalue weighted by Gasteiger charge is -2.27. The Bertz CT molecular complexity index is 1060. The van der Waals surface area contributed by atoms with Crippen molar-refractivity contribution in [3.8, 4) is 11.1 Å². The van der Waals surface area contributed by atoms with E-state index < -0.39 is 0 Å². The van der Waals surface area contributed by atoms with E-state index in [4.69, 9.17) is 4.74 Å². The van der Waals surface area contributed by atoms with Gasteiger partial charge in [-0.05, 0) is 58.0 Å². The first-order valence-corrected chi connectivity index (χ1v) is 12.3. The molecule has 1 saturated heterocycles. The van der Waals surface area contributed by atoms with Gasteiger partial charge >= 0.3 is 0 Å². The summed E-state index contributed by atoms with van der Waals surface area (Å²) < 4.78 is 7.27. The van der Waals surface area contributed by atoms with E-state index in [1.165, 1.54) is 16.7 Å². The maximum Gasteiger partial charge on any atom is 0.172 e. The van der Waals surface area contributed by atoms with Crippen molar-refractivity contribution in [2.75, 3.05) is 39.4 Å². The first-order valence-electron chi connectivity index (χ1n) is 12.3. The van der Waals surface area contributed by atoms with E-state index >= 15 is 0 Å². The predicted molar refractivity (Wildman–Crippen MR) is 137 cm³/mol. The minimum Gasteiger partial charge on any atom is -0.379 e. The van der Waals surface area contributed by atoms with E-state index in [2.05, 4.69) is 95.1 Å². The fourth-order valence-corrected chi connectivity index (χ4v) is 4.42. The molecular formula is C27H36N6O. The highest BCUT2D eigenvalue weighted by atomic mass is 16.5. The van der Waals surface area contributed by atoms with Crippen LogP contribution in [-0.4, -0.2) is 64.5 Å². The molecule has 1 atom stereocenters. The van der Waals surface area contributed by atoms with Crippen molar-refractivity contribution in [2.24, 2.45) is 5.92 Å². The second-order valence-electron chi connectivity index (χ2n) is 9.27. The van der Waals surface area contributed by atoms with Crippen LogP contribution in [0.2, 0.25) is 0 Å². The molecule has 4 rings (SSSR count). The van der Waals surface area contributed by atoms with Crippen LogP contribution in [0.1, 0.15) is 43.3 Å². The van der Waals surface area contributed by atoms with Gasteiger partial charge in [0, 0.05) is 32.4 Å². The summed E-state index contributed by atoms with van der Waals surface area (Å²) in [5.74, 6) is 1.38. The Morgan fingerprint density at radius 3 is 2.62 bits per heavy atom. The molecule has 2 aromatic carbocycles. The second kappa shape index (κ2) is 12.0. The molecule has 3 aromatic rings. The Morgan fingerprint density at radius 2 is 1.85 bits per heavy atom. The molecule has 1 aliphatic rings. The lowest BCUT2D eigenvalue weighted by atomic mass is 9.96. The molecular weight excluding hydrogens is 424 g/mol. The fourth-order valence-electron chi connectivity index (χ4n) is 4.42. The van der Waals surface area contributed by atoms with Crippen LogP contribution in [0, 0.1) is 12.8 Å². The molecule has 180 valence electrons. The summed E-state index contributed by atoms with van der Waals surface area (Å²) in [6.45, 7) is 12.2. The molecule has 0 bridgehead atoms. The average molecular weight is 461 g/mol. The van der Waals surface area contributed by atoms with Crippen molar-refractivity contribution < 1.29 is 4.74 Å². The van der Waals surface area contributed by atoms with Crippen LogP contribution < -0.4 is 5.32 Å². The SMILES string of the molecule is Cc1c(/C=C/n2nnnc2C(CC(C)C)NCCN2CCOCC2)cccc1-c1ccccc1. The highest BCUT2D eigenvalue weighted by Crippen LogP contribution is 2.26. The first-order chi connectivity index (χ1) is 16.6. The summed E-state index contributed by atoms with van der Waals surface area (Å²) in [7, 11) is 0. The van der Waals surface area contributed by atoms with E-state index in [1.54, 1.807) is 0 Å². The number of hydrogen-bond acceptors (Lipinski definition) is 6. The molecule has 1 aliphatic heterocycles. The lowest BCUT2D eigenvalue weighted by Crippen LogP contribution is -2.41. The van der Waals surface area contributed by atoms with Crippen molar-refractivity contribution >= 4 is 12.3 Å². The number of nitrogens with zero attached hydrogens (tertiary/aromatic N) is 5. The first kappa shape index (κ1) is 24.3. The Hall–Kier alpha value is -2.87. The molecule has 1 N–H and O–H groups in total. The van der Waals surface area contributed by atoms with Gasteiger partial charge in [0.2, 0.25) is 0 Å². The molecule has 2 heterocycles. The van der Waals surface area contributed by atoms with Crippen molar-refractivity contribution in [3.05, 3.63) is 65.5 Å². The zero-order valence-electron chi connectivity index (χ0n) is 20.5. The minimum absolute atomic E-state index is 0.0949.